The number of ether oxygens (including phenoxy) is 2. The molecule has 0 amide bonds. The number of allylic oxidation sites excluding steroid dienone is 4. The summed E-state index contributed by atoms with van der Waals surface area (Å²) in [5.41, 5.74) is 4.45. The number of rotatable bonds is 7. The van der Waals surface area contributed by atoms with Crippen molar-refractivity contribution in [2.24, 2.45) is 0 Å². The maximum Gasteiger partial charge on any atom is 0.161 e. The Morgan fingerprint density at radius 2 is 2.09 bits per heavy atom. The third kappa shape index (κ3) is 4.44. The van der Waals surface area contributed by atoms with Gasteiger partial charge in [-0.1, -0.05) is 19.2 Å². The van der Waals surface area contributed by atoms with Crippen LogP contribution >= 0.6 is 0 Å². The van der Waals surface area contributed by atoms with E-state index in [9.17, 15) is 5.11 Å². The fourth-order valence-corrected chi connectivity index (χ4v) is 1.99. The minimum absolute atomic E-state index is 0.0847. The molecule has 0 saturated carbocycles. The average Bonchev–Trinajstić information content (AvgIpc) is 2.51. The van der Waals surface area contributed by atoms with Crippen molar-refractivity contribution in [3.8, 4) is 11.5 Å². The second-order valence-corrected chi connectivity index (χ2v) is 4.51. The first-order valence-electron chi connectivity index (χ1n) is 6.97. The number of hydrogen-bond acceptors (Lipinski definition) is 3. The predicted molar refractivity (Wildman–Crippen MR) is 90.8 cm³/mol. The summed E-state index contributed by atoms with van der Waals surface area (Å²) in [5, 5.41) is 9.97. The largest absolute Gasteiger partial charge is 0.504 e. The molecule has 0 bridgehead atoms. The number of methoxy groups -OCH3 is 1. The van der Waals surface area contributed by atoms with Crippen molar-refractivity contribution in [1.29, 1.82) is 0 Å². The molecule has 1 rings (SSSR count). The molecule has 0 atom stereocenters. The maximum atomic E-state index is 9.97. The van der Waals surface area contributed by atoms with E-state index >= 15 is 0 Å². The molecule has 0 aliphatic carbocycles. The summed E-state index contributed by atoms with van der Waals surface area (Å²) in [6, 6.07) is 3.41. The van der Waals surface area contributed by atoms with E-state index in [2.05, 4.69) is 18.9 Å². The van der Waals surface area contributed by atoms with Gasteiger partial charge < -0.3 is 14.6 Å². The standard InChI is InChI=1S/C19H22O3/c1-6-9-11-15-12-17(20)19(21-5)13-16(15)18(8-3)22-14(4)10-7-2/h7-10,12-13,20H,1,4,11H2,2-3,5H3/b10-7-,18-8+. The van der Waals surface area contributed by atoms with Crippen molar-refractivity contribution in [2.45, 2.75) is 20.3 Å². The fourth-order valence-electron chi connectivity index (χ4n) is 1.99. The number of phenols is 1. The van der Waals surface area contributed by atoms with Crippen LogP contribution in [0.15, 0.2) is 61.1 Å². The topological polar surface area (TPSA) is 38.7 Å². The second-order valence-electron chi connectivity index (χ2n) is 4.51. The average molecular weight is 298 g/mol. The molecule has 3 nitrogen and oxygen atoms in total. The molecule has 0 heterocycles. The van der Waals surface area contributed by atoms with Crippen LogP contribution in [0.3, 0.4) is 0 Å². The summed E-state index contributed by atoms with van der Waals surface area (Å²) < 4.78 is 11.0. The highest BCUT2D eigenvalue weighted by Crippen LogP contribution is 2.34. The van der Waals surface area contributed by atoms with E-state index in [0.717, 1.165) is 11.1 Å². The molecule has 0 saturated heterocycles. The molecular weight excluding hydrogens is 276 g/mol. The molecule has 0 aromatic heterocycles. The van der Waals surface area contributed by atoms with Crippen molar-refractivity contribution in [2.75, 3.05) is 7.11 Å². The lowest BCUT2D eigenvalue weighted by Gasteiger charge is -2.16. The molecule has 0 aliphatic heterocycles. The van der Waals surface area contributed by atoms with Gasteiger partial charge >= 0.3 is 0 Å². The van der Waals surface area contributed by atoms with Crippen molar-refractivity contribution < 1.29 is 14.6 Å². The normalized spacial score (nSPS) is 11.1. The molecule has 0 fully saturated rings. The van der Waals surface area contributed by atoms with Gasteiger partial charge in [0, 0.05) is 5.56 Å². The SMILES string of the molecule is C=C=CCc1cc(O)c(OC)cc1/C(=C\C)OC(=C)/C=C\C. The molecule has 1 aromatic carbocycles. The van der Waals surface area contributed by atoms with Crippen molar-refractivity contribution in [3.05, 3.63) is 72.2 Å². The Morgan fingerprint density at radius 1 is 1.36 bits per heavy atom. The Morgan fingerprint density at radius 3 is 2.64 bits per heavy atom. The van der Waals surface area contributed by atoms with Crippen molar-refractivity contribution in [3.63, 3.8) is 0 Å². The van der Waals surface area contributed by atoms with Gasteiger partial charge in [0.25, 0.3) is 0 Å². The van der Waals surface area contributed by atoms with Gasteiger partial charge in [0.2, 0.25) is 0 Å². The van der Waals surface area contributed by atoms with E-state index in [1.165, 1.54) is 7.11 Å². The first kappa shape index (κ1) is 17.4. The van der Waals surface area contributed by atoms with Gasteiger partial charge in [0.05, 0.1) is 7.11 Å². The molecule has 1 aromatic rings. The lowest BCUT2D eigenvalue weighted by Crippen LogP contribution is -1.98. The Hall–Kier alpha value is -2.64. The van der Waals surface area contributed by atoms with E-state index in [-0.39, 0.29) is 5.75 Å². The van der Waals surface area contributed by atoms with E-state index in [4.69, 9.17) is 9.47 Å². The molecule has 1 N–H and O–H groups in total. The highest BCUT2D eigenvalue weighted by Gasteiger charge is 2.14. The Balaban J connectivity index is 3.33. The lowest BCUT2D eigenvalue weighted by molar-refractivity contribution is 0.371. The third-order valence-corrected chi connectivity index (χ3v) is 2.99. The molecule has 0 aliphatic rings. The van der Waals surface area contributed by atoms with Gasteiger partial charge in [-0.3, -0.25) is 0 Å². The van der Waals surface area contributed by atoms with Gasteiger partial charge in [0.1, 0.15) is 11.5 Å². The summed E-state index contributed by atoms with van der Waals surface area (Å²) in [6.07, 6.45) is 7.85. The van der Waals surface area contributed by atoms with Crippen LogP contribution in [-0.4, -0.2) is 12.2 Å². The van der Waals surface area contributed by atoms with E-state index < -0.39 is 0 Å². The molecule has 0 spiro atoms. The zero-order chi connectivity index (χ0) is 16.5. The third-order valence-electron chi connectivity index (χ3n) is 2.99. The summed E-state index contributed by atoms with van der Waals surface area (Å²) in [5.74, 6) is 1.66. The molecule has 3 heteroatoms. The smallest absolute Gasteiger partial charge is 0.161 e. The second kappa shape index (κ2) is 8.60. The van der Waals surface area contributed by atoms with Crippen molar-refractivity contribution in [1.82, 2.24) is 0 Å². The van der Waals surface area contributed by atoms with Gasteiger partial charge in [-0.25, -0.2) is 0 Å². The zero-order valence-corrected chi connectivity index (χ0v) is 13.3. The van der Waals surface area contributed by atoms with Crippen LogP contribution in [0, 0.1) is 0 Å². The monoisotopic (exact) mass is 298 g/mol. The Kier molecular flexibility index (Phi) is 6.81. The Bertz CT molecular complexity index is 645. The van der Waals surface area contributed by atoms with Crippen LogP contribution in [0.2, 0.25) is 0 Å². The molecule has 0 radical (unpaired) electrons. The van der Waals surface area contributed by atoms with Crippen LogP contribution in [0.1, 0.15) is 25.0 Å². The van der Waals surface area contributed by atoms with Crippen LogP contribution < -0.4 is 4.74 Å². The molecule has 116 valence electrons. The molecular formula is C19H22O3. The number of benzene rings is 1. The van der Waals surface area contributed by atoms with Crippen LogP contribution in [0.4, 0.5) is 0 Å². The van der Waals surface area contributed by atoms with Gasteiger partial charge in [0.15, 0.2) is 11.5 Å². The fraction of sp³-hybridized carbons (Fsp3) is 0.211. The number of aromatic hydroxyl groups is 1. The summed E-state index contributed by atoms with van der Waals surface area (Å²) in [6.45, 7) is 11.2. The quantitative estimate of drug-likeness (QED) is 0.448. The van der Waals surface area contributed by atoms with E-state index in [1.807, 2.05) is 26.0 Å². The minimum Gasteiger partial charge on any atom is -0.504 e. The van der Waals surface area contributed by atoms with Gasteiger partial charge in [-0.15, -0.1) is 5.73 Å². The van der Waals surface area contributed by atoms with Crippen molar-refractivity contribution >= 4 is 5.76 Å². The van der Waals surface area contributed by atoms with Gasteiger partial charge in [-0.05, 0) is 56.2 Å². The summed E-state index contributed by atoms with van der Waals surface area (Å²) in [4.78, 5) is 0. The highest BCUT2D eigenvalue weighted by atomic mass is 16.5. The zero-order valence-electron chi connectivity index (χ0n) is 13.3. The lowest BCUT2D eigenvalue weighted by atomic mass is 10.0. The molecule has 22 heavy (non-hydrogen) atoms. The minimum atomic E-state index is 0.0847. The van der Waals surface area contributed by atoms with Crippen LogP contribution in [0.5, 0.6) is 11.5 Å². The summed E-state index contributed by atoms with van der Waals surface area (Å²) in [7, 11) is 1.51. The Labute approximate surface area is 132 Å². The number of hydrogen-bond donors (Lipinski definition) is 1. The number of phenolic OH excluding ortho intramolecular Hbond substituents is 1. The molecule has 0 unspecified atom stereocenters. The summed E-state index contributed by atoms with van der Waals surface area (Å²) >= 11 is 0. The van der Waals surface area contributed by atoms with Gasteiger partial charge in [-0.2, -0.15) is 0 Å². The van der Waals surface area contributed by atoms with Crippen LogP contribution in [-0.2, 0) is 11.2 Å². The van der Waals surface area contributed by atoms with Crippen LogP contribution in [0.25, 0.3) is 5.76 Å². The maximum absolute atomic E-state index is 9.97. The first-order valence-corrected chi connectivity index (χ1v) is 6.97. The first-order chi connectivity index (χ1) is 10.6. The highest BCUT2D eigenvalue weighted by molar-refractivity contribution is 5.67. The predicted octanol–water partition coefficient (Wildman–Crippen LogP) is 4.75. The van der Waals surface area contributed by atoms with E-state index in [0.29, 0.717) is 23.7 Å². The van der Waals surface area contributed by atoms with E-state index in [1.54, 1.807) is 24.3 Å².